The molecule has 1 aromatic heterocycles. The van der Waals surface area contributed by atoms with Crippen LogP contribution in [-0.4, -0.2) is 11.0 Å². The third kappa shape index (κ3) is 2.41. The molecule has 3 heteroatoms. The second kappa shape index (κ2) is 4.83. The van der Waals surface area contributed by atoms with E-state index in [0.717, 1.165) is 36.0 Å². The smallest absolute Gasteiger partial charge is 0.0725 e. The fourth-order valence-electron chi connectivity index (χ4n) is 3.36. The van der Waals surface area contributed by atoms with Crippen LogP contribution < -0.4 is 5.11 Å². The van der Waals surface area contributed by atoms with E-state index in [4.69, 9.17) is 0 Å². The van der Waals surface area contributed by atoms with Gasteiger partial charge < -0.3 is 9.90 Å². The minimum absolute atomic E-state index is 0.173. The number of carbonyl (C=O) groups excluding carboxylic acids is 1. The molecular weight excluding hydrogens is 262 g/mol. The number of para-hydroxylation sites is 1. The fraction of sp³-hybridized carbons (Fsp3) is 0.444. The molecular formula is C18H20NO2-. The molecule has 0 N–H and O–H groups in total. The summed E-state index contributed by atoms with van der Waals surface area (Å²) in [4.78, 5) is 16.4. The van der Waals surface area contributed by atoms with Gasteiger partial charge in [-0.25, -0.2) is 0 Å². The van der Waals surface area contributed by atoms with Crippen LogP contribution in [0.3, 0.4) is 0 Å². The molecule has 0 saturated heterocycles. The van der Waals surface area contributed by atoms with Crippen molar-refractivity contribution in [1.29, 1.82) is 0 Å². The Labute approximate surface area is 125 Å². The van der Waals surface area contributed by atoms with Crippen LogP contribution in [0, 0.1) is 11.3 Å². The van der Waals surface area contributed by atoms with Crippen LogP contribution in [0.5, 0.6) is 0 Å². The van der Waals surface area contributed by atoms with E-state index < -0.39 is 5.97 Å². The van der Waals surface area contributed by atoms with Crippen molar-refractivity contribution in [2.75, 3.05) is 0 Å². The Hall–Kier alpha value is -1.90. The van der Waals surface area contributed by atoms with E-state index in [1.54, 1.807) is 0 Å². The van der Waals surface area contributed by atoms with Gasteiger partial charge in [0.2, 0.25) is 0 Å². The van der Waals surface area contributed by atoms with Crippen molar-refractivity contribution in [2.45, 2.75) is 40.0 Å². The zero-order valence-corrected chi connectivity index (χ0v) is 12.8. The first-order valence-corrected chi connectivity index (χ1v) is 7.50. The van der Waals surface area contributed by atoms with Gasteiger partial charge >= 0.3 is 0 Å². The summed E-state index contributed by atoms with van der Waals surface area (Å²) in [5.41, 5.74) is 3.11. The number of aryl methyl sites for hydroxylation is 1. The van der Waals surface area contributed by atoms with Crippen molar-refractivity contribution < 1.29 is 9.90 Å². The van der Waals surface area contributed by atoms with Crippen molar-refractivity contribution >= 4 is 16.9 Å². The predicted octanol–water partition coefficient (Wildman–Crippen LogP) is 2.75. The minimum atomic E-state index is -1.08. The maximum absolute atomic E-state index is 11.7. The number of carboxylic acids is 1. The van der Waals surface area contributed by atoms with Crippen molar-refractivity contribution in [3.63, 3.8) is 0 Å². The maximum atomic E-state index is 11.7. The number of aromatic nitrogens is 1. The first kappa shape index (κ1) is 14.1. The molecule has 1 atom stereocenters. The predicted molar refractivity (Wildman–Crippen MR) is 81.0 cm³/mol. The Bertz CT molecular complexity index is 713. The largest absolute Gasteiger partial charge is 0.545 e. The van der Waals surface area contributed by atoms with Crippen molar-refractivity contribution in [3.8, 4) is 0 Å². The van der Waals surface area contributed by atoms with E-state index in [-0.39, 0.29) is 5.41 Å². The molecule has 3 rings (SSSR count). The first-order valence-electron chi connectivity index (χ1n) is 7.50. The highest BCUT2D eigenvalue weighted by Gasteiger charge is 2.31. The summed E-state index contributed by atoms with van der Waals surface area (Å²) in [6, 6.07) is 7.45. The number of pyridine rings is 1. The summed E-state index contributed by atoms with van der Waals surface area (Å²) < 4.78 is 0. The minimum Gasteiger partial charge on any atom is -0.545 e. The number of hydrogen-bond donors (Lipinski definition) is 0. The van der Waals surface area contributed by atoms with Gasteiger partial charge in [-0.1, -0.05) is 39.0 Å². The van der Waals surface area contributed by atoms with Gasteiger partial charge in [0.15, 0.2) is 0 Å². The molecule has 0 saturated carbocycles. The van der Waals surface area contributed by atoms with E-state index in [1.165, 1.54) is 0 Å². The maximum Gasteiger partial charge on any atom is 0.0725 e. The molecule has 0 amide bonds. The van der Waals surface area contributed by atoms with E-state index in [9.17, 15) is 9.90 Å². The molecule has 2 aromatic rings. The van der Waals surface area contributed by atoms with Gasteiger partial charge in [-0.05, 0) is 42.2 Å². The standard InChI is InChI=1S/C18H21NO2/c1-18(2,3)11-8-9-15-13(10-11)16(17(20)21)12-6-4-5-7-14(12)19-15/h4-7,11H,8-10H2,1-3H3,(H,20,21)/p-1. The Morgan fingerprint density at radius 1 is 1.29 bits per heavy atom. The fourth-order valence-corrected chi connectivity index (χ4v) is 3.36. The van der Waals surface area contributed by atoms with Crippen LogP contribution in [0.15, 0.2) is 24.3 Å². The Balaban J connectivity index is 2.22. The number of hydrogen-bond acceptors (Lipinski definition) is 3. The number of rotatable bonds is 1. The molecule has 0 bridgehead atoms. The molecule has 0 spiro atoms. The SMILES string of the molecule is CC(C)(C)C1CCc2nc3ccccc3c(C(=O)[O-])c2C1. The van der Waals surface area contributed by atoms with Crippen LogP contribution in [0.1, 0.15) is 48.8 Å². The quantitative estimate of drug-likeness (QED) is 0.808. The Morgan fingerprint density at radius 2 is 2.00 bits per heavy atom. The third-order valence-electron chi connectivity index (χ3n) is 4.69. The molecule has 0 fully saturated rings. The number of benzene rings is 1. The molecule has 1 aliphatic carbocycles. The van der Waals surface area contributed by atoms with Gasteiger partial charge in [-0.15, -0.1) is 0 Å². The summed E-state index contributed by atoms with van der Waals surface area (Å²) in [5, 5.41) is 12.4. The monoisotopic (exact) mass is 282 g/mol. The molecule has 0 aliphatic heterocycles. The lowest BCUT2D eigenvalue weighted by atomic mass is 9.70. The van der Waals surface area contributed by atoms with E-state index in [2.05, 4.69) is 25.8 Å². The van der Waals surface area contributed by atoms with E-state index in [0.29, 0.717) is 16.9 Å². The molecule has 1 aliphatic rings. The van der Waals surface area contributed by atoms with Gasteiger partial charge in [-0.2, -0.15) is 0 Å². The molecule has 21 heavy (non-hydrogen) atoms. The number of fused-ring (bicyclic) bond motifs is 2. The van der Waals surface area contributed by atoms with Gasteiger partial charge in [-0.3, -0.25) is 4.98 Å². The molecule has 1 heterocycles. The molecule has 110 valence electrons. The number of aromatic carboxylic acids is 1. The highest BCUT2D eigenvalue weighted by atomic mass is 16.4. The van der Waals surface area contributed by atoms with E-state index in [1.807, 2.05) is 24.3 Å². The van der Waals surface area contributed by atoms with Gasteiger partial charge in [0.1, 0.15) is 0 Å². The summed E-state index contributed by atoms with van der Waals surface area (Å²) >= 11 is 0. The van der Waals surface area contributed by atoms with Crippen molar-refractivity contribution in [3.05, 3.63) is 41.1 Å². The zero-order valence-electron chi connectivity index (χ0n) is 12.8. The summed E-state index contributed by atoms with van der Waals surface area (Å²) in [6.45, 7) is 6.65. The summed E-state index contributed by atoms with van der Waals surface area (Å²) in [6.07, 6.45) is 2.69. The second-order valence-corrected chi connectivity index (χ2v) is 7.02. The Morgan fingerprint density at radius 3 is 2.67 bits per heavy atom. The lowest BCUT2D eigenvalue weighted by molar-refractivity contribution is -0.254. The van der Waals surface area contributed by atoms with Crippen LogP contribution in [0.4, 0.5) is 0 Å². The first-order chi connectivity index (χ1) is 9.88. The normalized spacial score (nSPS) is 18.5. The average molecular weight is 282 g/mol. The van der Waals surface area contributed by atoms with Crippen molar-refractivity contribution in [1.82, 2.24) is 4.98 Å². The zero-order chi connectivity index (χ0) is 15.2. The molecule has 1 aromatic carbocycles. The topological polar surface area (TPSA) is 53.0 Å². The lowest BCUT2D eigenvalue weighted by Crippen LogP contribution is -2.31. The van der Waals surface area contributed by atoms with Crippen LogP contribution in [-0.2, 0) is 12.8 Å². The molecule has 0 radical (unpaired) electrons. The van der Waals surface area contributed by atoms with Gasteiger partial charge in [0.05, 0.1) is 11.5 Å². The van der Waals surface area contributed by atoms with E-state index >= 15 is 0 Å². The average Bonchev–Trinajstić information content (AvgIpc) is 2.42. The highest BCUT2D eigenvalue weighted by Crippen LogP contribution is 2.39. The molecule has 1 unspecified atom stereocenters. The highest BCUT2D eigenvalue weighted by molar-refractivity contribution is 6.03. The number of nitrogens with zero attached hydrogens (tertiary/aromatic N) is 1. The number of carbonyl (C=O) groups is 1. The van der Waals surface area contributed by atoms with Crippen LogP contribution >= 0.6 is 0 Å². The third-order valence-corrected chi connectivity index (χ3v) is 4.69. The lowest BCUT2D eigenvalue weighted by Gasteiger charge is -2.35. The summed E-state index contributed by atoms with van der Waals surface area (Å²) in [7, 11) is 0. The van der Waals surface area contributed by atoms with Crippen LogP contribution in [0.25, 0.3) is 10.9 Å². The summed E-state index contributed by atoms with van der Waals surface area (Å²) in [5.74, 6) is -0.606. The number of carboxylic acid groups (broad SMARTS) is 1. The second-order valence-electron chi connectivity index (χ2n) is 7.02. The Kier molecular flexibility index (Phi) is 3.23. The van der Waals surface area contributed by atoms with Gasteiger partial charge in [0, 0.05) is 16.6 Å². The van der Waals surface area contributed by atoms with Crippen molar-refractivity contribution in [2.24, 2.45) is 11.3 Å². The van der Waals surface area contributed by atoms with Crippen LogP contribution in [0.2, 0.25) is 0 Å². The molecule has 3 nitrogen and oxygen atoms in total. The van der Waals surface area contributed by atoms with Gasteiger partial charge in [0.25, 0.3) is 0 Å².